The molecule has 0 atom stereocenters. The summed E-state index contributed by atoms with van der Waals surface area (Å²) in [6.07, 6.45) is 3.09. The second-order valence-electron chi connectivity index (χ2n) is 3.45. The SMILES string of the molecule is O=C(Cc1cc(F)cc(Br)c1)c1ncccn1. The van der Waals surface area contributed by atoms with Gasteiger partial charge < -0.3 is 0 Å². The average Bonchev–Trinajstić information content (AvgIpc) is 2.28. The fourth-order valence-electron chi connectivity index (χ4n) is 1.42. The third-order valence-electron chi connectivity index (χ3n) is 2.10. The van der Waals surface area contributed by atoms with Crippen molar-refractivity contribution in [1.82, 2.24) is 9.97 Å². The molecule has 86 valence electrons. The van der Waals surface area contributed by atoms with Gasteiger partial charge in [0.15, 0.2) is 5.82 Å². The molecule has 2 rings (SSSR count). The third-order valence-corrected chi connectivity index (χ3v) is 2.56. The first-order valence-electron chi connectivity index (χ1n) is 4.90. The van der Waals surface area contributed by atoms with Gasteiger partial charge in [0.25, 0.3) is 0 Å². The molecule has 0 spiro atoms. The summed E-state index contributed by atoms with van der Waals surface area (Å²) in [6.45, 7) is 0. The van der Waals surface area contributed by atoms with Crippen LogP contribution in [0.2, 0.25) is 0 Å². The second-order valence-corrected chi connectivity index (χ2v) is 4.37. The summed E-state index contributed by atoms with van der Waals surface area (Å²) < 4.78 is 13.7. The molecule has 1 heterocycles. The first kappa shape index (κ1) is 11.9. The fraction of sp³-hybridized carbons (Fsp3) is 0.0833. The van der Waals surface area contributed by atoms with Crippen LogP contribution in [0, 0.1) is 5.82 Å². The van der Waals surface area contributed by atoms with Crippen molar-refractivity contribution in [1.29, 1.82) is 0 Å². The molecule has 2 aromatic rings. The van der Waals surface area contributed by atoms with E-state index in [1.165, 1.54) is 24.5 Å². The molecule has 5 heteroatoms. The second kappa shape index (κ2) is 5.14. The van der Waals surface area contributed by atoms with Crippen molar-refractivity contribution in [3.63, 3.8) is 0 Å². The number of benzene rings is 1. The number of carbonyl (C=O) groups is 1. The van der Waals surface area contributed by atoms with Crippen molar-refractivity contribution in [3.05, 3.63) is 58.3 Å². The standard InChI is InChI=1S/C12H8BrFN2O/c13-9-4-8(5-10(14)7-9)6-11(17)12-15-2-1-3-16-12/h1-5,7H,6H2. The van der Waals surface area contributed by atoms with Crippen LogP contribution in [0.4, 0.5) is 4.39 Å². The van der Waals surface area contributed by atoms with Gasteiger partial charge in [0, 0.05) is 23.3 Å². The van der Waals surface area contributed by atoms with Crippen molar-refractivity contribution < 1.29 is 9.18 Å². The number of hydrogen-bond acceptors (Lipinski definition) is 3. The lowest BCUT2D eigenvalue weighted by Crippen LogP contribution is -2.08. The number of halogens is 2. The zero-order valence-electron chi connectivity index (χ0n) is 8.73. The molecule has 0 amide bonds. The maximum absolute atomic E-state index is 13.1. The largest absolute Gasteiger partial charge is 0.290 e. The van der Waals surface area contributed by atoms with Gasteiger partial charge in [-0.05, 0) is 29.8 Å². The van der Waals surface area contributed by atoms with Crippen LogP contribution in [0.15, 0.2) is 41.1 Å². The molecule has 0 saturated heterocycles. The Morgan fingerprint density at radius 1 is 1.24 bits per heavy atom. The molecule has 0 fully saturated rings. The van der Waals surface area contributed by atoms with Crippen LogP contribution in [-0.4, -0.2) is 15.8 Å². The maximum Gasteiger partial charge on any atom is 0.204 e. The minimum absolute atomic E-state index is 0.0837. The molecule has 17 heavy (non-hydrogen) atoms. The smallest absolute Gasteiger partial charge is 0.204 e. The summed E-state index contributed by atoms with van der Waals surface area (Å²) in [5, 5.41) is 0. The molecule has 1 aromatic heterocycles. The molecular weight excluding hydrogens is 287 g/mol. The van der Waals surface area contributed by atoms with Crippen LogP contribution < -0.4 is 0 Å². The van der Waals surface area contributed by atoms with E-state index in [9.17, 15) is 9.18 Å². The zero-order chi connectivity index (χ0) is 12.3. The Labute approximate surface area is 106 Å². The molecule has 0 aliphatic heterocycles. The minimum Gasteiger partial charge on any atom is -0.290 e. The topological polar surface area (TPSA) is 42.9 Å². The fourth-order valence-corrected chi connectivity index (χ4v) is 1.93. The van der Waals surface area contributed by atoms with Gasteiger partial charge in [-0.25, -0.2) is 14.4 Å². The lowest BCUT2D eigenvalue weighted by atomic mass is 10.1. The monoisotopic (exact) mass is 294 g/mol. The summed E-state index contributed by atoms with van der Waals surface area (Å²) in [7, 11) is 0. The Bertz CT molecular complexity index is 525. The Morgan fingerprint density at radius 3 is 2.59 bits per heavy atom. The van der Waals surface area contributed by atoms with E-state index in [1.807, 2.05) is 0 Å². The molecule has 1 aromatic carbocycles. The van der Waals surface area contributed by atoms with Crippen LogP contribution in [0.1, 0.15) is 16.2 Å². The average molecular weight is 295 g/mol. The van der Waals surface area contributed by atoms with Gasteiger partial charge in [-0.3, -0.25) is 4.79 Å². The van der Waals surface area contributed by atoms with Crippen LogP contribution in [-0.2, 0) is 6.42 Å². The van der Waals surface area contributed by atoms with Gasteiger partial charge in [-0.15, -0.1) is 0 Å². The van der Waals surface area contributed by atoms with E-state index in [0.717, 1.165) is 0 Å². The Kier molecular flexibility index (Phi) is 3.58. The van der Waals surface area contributed by atoms with E-state index in [2.05, 4.69) is 25.9 Å². The number of nitrogens with zero attached hydrogens (tertiary/aromatic N) is 2. The number of aromatic nitrogens is 2. The molecule has 0 aliphatic carbocycles. The first-order chi connectivity index (χ1) is 8.15. The molecule has 0 aliphatic rings. The van der Waals surface area contributed by atoms with Gasteiger partial charge in [0.2, 0.25) is 5.78 Å². The highest BCUT2D eigenvalue weighted by Crippen LogP contribution is 2.16. The van der Waals surface area contributed by atoms with E-state index < -0.39 is 0 Å². The van der Waals surface area contributed by atoms with E-state index in [1.54, 1.807) is 12.1 Å². The lowest BCUT2D eigenvalue weighted by Gasteiger charge is -2.01. The number of Topliss-reactive ketones (excluding diaryl/α,β-unsaturated/α-hetero) is 1. The highest BCUT2D eigenvalue weighted by atomic mass is 79.9. The highest BCUT2D eigenvalue weighted by Gasteiger charge is 2.10. The van der Waals surface area contributed by atoms with Crippen molar-refractivity contribution >= 4 is 21.7 Å². The van der Waals surface area contributed by atoms with E-state index in [0.29, 0.717) is 10.0 Å². The normalized spacial score (nSPS) is 10.2. The van der Waals surface area contributed by atoms with Gasteiger partial charge in [-0.2, -0.15) is 0 Å². The van der Waals surface area contributed by atoms with E-state index in [4.69, 9.17) is 0 Å². The van der Waals surface area contributed by atoms with Crippen LogP contribution in [0.25, 0.3) is 0 Å². The molecule has 0 bridgehead atoms. The molecule has 0 saturated carbocycles. The number of carbonyl (C=O) groups excluding carboxylic acids is 1. The zero-order valence-corrected chi connectivity index (χ0v) is 10.3. The van der Waals surface area contributed by atoms with Crippen LogP contribution in [0.3, 0.4) is 0 Å². The summed E-state index contributed by atoms with van der Waals surface area (Å²) in [4.78, 5) is 19.5. The highest BCUT2D eigenvalue weighted by molar-refractivity contribution is 9.10. The molecule has 0 N–H and O–H groups in total. The predicted octanol–water partition coefficient (Wildman–Crippen LogP) is 2.80. The van der Waals surface area contributed by atoms with Gasteiger partial charge in [0.1, 0.15) is 5.82 Å². The Morgan fingerprint density at radius 2 is 1.94 bits per heavy atom. The number of hydrogen-bond donors (Lipinski definition) is 0. The predicted molar refractivity (Wildman–Crippen MR) is 64.2 cm³/mol. The summed E-state index contributed by atoms with van der Waals surface area (Å²) in [5.41, 5.74) is 0.592. The van der Waals surface area contributed by atoms with E-state index in [-0.39, 0.29) is 23.8 Å². The molecule has 0 unspecified atom stereocenters. The van der Waals surface area contributed by atoms with Crippen molar-refractivity contribution in [2.75, 3.05) is 0 Å². The molecular formula is C12H8BrFN2O. The Hall–Kier alpha value is -1.62. The van der Waals surface area contributed by atoms with Gasteiger partial charge in [-0.1, -0.05) is 15.9 Å². The van der Waals surface area contributed by atoms with Crippen molar-refractivity contribution in [2.24, 2.45) is 0 Å². The van der Waals surface area contributed by atoms with E-state index >= 15 is 0 Å². The van der Waals surface area contributed by atoms with Gasteiger partial charge >= 0.3 is 0 Å². The maximum atomic E-state index is 13.1. The van der Waals surface area contributed by atoms with Crippen LogP contribution in [0.5, 0.6) is 0 Å². The Balaban J connectivity index is 2.19. The number of ketones is 1. The minimum atomic E-state index is -0.379. The molecule has 3 nitrogen and oxygen atoms in total. The van der Waals surface area contributed by atoms with Crippen LogP contribution >= 0.6 is 15.9 Å². The summed E-state index contributed by atoms with van der Waals surface area (Å²) in [6, 6.07) is 6.00. The molecule has 0 radical (unpaired) electrons. The summed E-state index contributed by atoms with van der Waals surface area (Å²) >= 11 is 3.18. The first-order valence-corrected chi connectivity index (χ1v) is 5.69. The van der Waals surface area contributed by atoms with Crippen molar-refractivity contribution in [3.8, 4) is 0 Å². The third kappa shape index (κ3) is 3.17. The van der Waals surface area contributed by atoms with Crippen molar-refractivity contribution in [2.45, 2.75) is 6.42 Å². The van der Waals surface area contributed by atoms with Gasteiger partial charge in [0.05, 0.1) is 0 Å². The summed E-state index contributed by atoms with van der Waals surface area (Å²) in [5.74, 6) is -0.466. The number of rotatable bonds is 3. The lowest BCUT2D eigenvalue weighted by molar-refractivity contribution is 0.0983. The quantitative estimate of drug-likeness (QED) is 0.818.